The number of carbonyl (C=O) groups is 1. The van der Waals surface area contributed by atoms with Gasteiger partial charge in [-0.25, -0.2) is 4.98 Å². The number of methoxy groups -OCH3 is 4. The van der Waals surface area contributed by atoms with Crippen LogP contribution in [0.15, 0.2) is 41.8 Å². The minimum absolute atomic E-state index is 0.305. The van der Waals surface area contributed by atoms with E-state index in [2.05, 4.69) is 10.3 Å². The molecule has 0 radical (unpaired) electrons. The van der Waals surface area contributed by atoms with Gasteiger partial charge in [0.1, 0.15) is 10.7 Å². The van der Waals surface area contributed by atoms with Crippen molar-refractivity contribution in [2.24, 2.45) is 0 Å². The zero-order valence-electron chi connectivity index (χ0n) is 15.9. The lowest BCUT2D eigenvalue weighted by atomic mass is 10.2. The number of aromatic nitrogens is 1. The number of anilines is 1. The van der Waals surface area contributed by atoms with Crippen LogP contribution in [0, 0.1) is 0 Å². The van der Waals surface area contributed by atoms with E-state index in [1.165, 1.54) is 18.4 Å². The number of nitrogens with one attached hydrogen (secondary N) is 1. The lowest BCUT2D eigenvalue weighted by molar-refractivity contribution is 0.102. The number of hydrogen-bond donors (Lipinski definition) is 1. The molecule has 0 bridgehead atoms. The predicted molar refractivity (Wildman–Crippen MR) is 108 cm³/mol. The van der Waals surface area contributed by atoms with Gasteiger partial charge >= 0.3 is 0 Å². The van der Waals surface area contributed by atoms with E-state index >= 15 is 0 Å². The zero-order valence-corrected chi connectivity index (χ0v) is 16.8. The normalized spacial score (nSPS) is 10.3. The second kappa shape index (κ2) is 8.62. The average Bonchev–Trinajstić information content (AvgIpc) is 3.23. The minimum atomic E-state index is -0.323. The highest BCUT2D eigenvalue weighted by Gasteiger charge is 2.17. The van der Waals surface area contributed by atoms with Gasteiger partial charge in [-0.05, 0) is 24.3 Å². The van der Waals surface area contributed by atoms with Crippen LogP contribution in [-0.4, -0.2) is 39.3 Å². The van der Waals surface area contributed by atoms with E-state index in [4.69, 9.17) is 18.9 Å². The molecule has 0 aliphatic rings. The number of benzene rings is 2. The third-order valence-electron chi connectivity index (χ3n) is 4.01. The quantitative estimate of drug-likeness (QED) is 0.643. The predicted octanol–water partition coefficient (Wildman–Crippen LogP) is 4.10. The van der Waals surface area contributed by atoms with Gasteiger partial charge in [0.2, 0.25) is 0 Å². The van der Waals surface area contributed by atoms with Crippen LogP contribution in [0.25, 0.3) is 10.6 Å². The van der Waals surface area contributed by atoms with Gasteiger partial charge in [0.25, 0.3) is 5.91 Å². The fourth-order valence-corrected chi connectivity index (χ4v) is 3.49. The van der Waals surface area contributed by atoms with Gasteiger partial charge < -0.3 is 24.3 Å². The Balaban J connectivity index is 1.84. The van der Waals surface area contributed by atoms with E-state index < -0.39 is 0 Å². The van der Waals surface area contributed by atoms with Crippen molar-refractivity contribution in [1.29, 1.82) is 0 Å². The maximum atomic E-state index is 12.6. The maximum Gasteiger partial charge on any atom is 0.275 e. The van der Waals surface area contributed by atoms with Gasteiger partial charge in [0.05, 0.1) is 34.0 Å². The number of amides is 1. The summed E-state index contributed by atoms with van der Waals surface area (Å²) in [6, 6.07) is 10.7. The van der Waals surface area contributed by atoms with Gasteiger partial charge in [-0.2, -0.15) is 0 Å². The number of carbonyl (C=O) groups excluding carboxylic acids is 1. The van der Waals surface area contributed by atoms with Crippen molar-refractivity contribution in [2.75, 3.05) is 33.8 Å². The Kier molecular flexibility index (Phi) is 6.00. The Morgan fingerprint density at radius 1 is 0.929 bits per heavy atom. The molecule has 8 heteroatoms. The molecule has 0 atom stereocenters. The topological polar surface area (TPSA) is 78.9 Å². The lowest BCUT2D eigenvalue weighted by Gasteiger charge is -2.10. The number of thiazole rings is 1. The first-order valence-electron chi connectivity index (χ1n) is 8.31. The third-order valence-corrected chi connectivity index (χ3v) is 4.89. The summed E-state index contributed by atoms with van der Waals surface area (Å²) < 4.78 is 21.2. The molecular weight excluding hydrogens is 380 g/mol. The molecule has 0 aliphatic carbocycles. The molecule has 0 saturated carbocycles. The van der Waals surface area contributed by atoms with E-state index in [0.717, 1.165) is 5.56 Å². The van der Waals surface area contributed by atoms with Crippen molar-refractivity contribution in [3.05, 3.63) is 47.5 Å². The standard InChI is InChI=1S/C20H20N2O5S/c1-24-15-9-8-12(10-17(15)26-3)21-19(23)14-11-28-20(22-14)13-6-5-7-16(25-2)18(13)27-4/h5-11H,1-4H3,(H,21,23). The summed E-state index contributed by atoms with van der Waals surface area (Å²) in [7, 11) is 6.24. The third kappa shape index (κ3) is 3.86. The van der Waals surface area contributed by atoms with Crippen LogP contribution in [0.5, 0.6) is 23.0 Å². The van der Waals surface area contributed by atoms with Gasteiger partial charge in [0.15, 0.2) is 23.0 Å². The van der Waals surface area contributed by atoms with Crippen molar-refractivity contribution < 1.29 is 23.7 Å². The first kappa shape index (κ1) is 19.5. The molecule has 1 amide bonds. The summed E-state index contributed by atoms with van der Waals surface area (Å²) in [5.74, 6) is 1.97. The summed E-state index contributed by atoms with van der Waals surface area (Å²) in [6.07, 6.45) is 0. The van der Waals surface area contributed by atoms with Crippen molar-refractivity contribution in [1.82, 2.24) is 4.98 Å². The molecule has 0 aliphatic heterocycles. The number of ether oxygens (including phenoxy) is 4. The monoisotopic (exact) mass is 400 g/mol. The van der Waals surface area contributed by atoms with E-state index in [-0.39, 0.29) is 5.91 Å². The number of rotatable bonds is 7. The highest BCUT2D eigenvalue weighted by molar-refractivity contribution is 7.13. The van der Waals surface area contributed by atoms with Gasteiger partial charge in [-0.15, -0.1) is 11.3 Å². The molecule has 0 fully saturated rings. The largest absolute Gasteiger partial charge is 0.493 e. The van der Waals surface area contributed by atoms with Gasteiger partial charge in [-0.3, -0.25) is 4.79 Å². The molecule has 1 heterocycles. The molecule has 0 unspecified atom stereocenters. The van der Waals surface area contributed by atoms with Gasteiger partial charge in [-0.1, -0.05) is 6.07 Å². The Hall–Kier alpha value is -3.26. The Morgan fingerprint density at radius 2 is 1.68 bits per heavy atom. The van der Waals surface area contributed by atoms with E-state index in [0.29, 0.717) is 39.4 Å². The molecule has 1 aromatic heterocycles. The Morgan fingerprint density at radius 3 is 2.36 bits per heavy atom. The fourth-order valence-electron chi connectivity index (χ4n) is 2.67. The molecule has 0 spiro atoms. The minimum Gasteiger partial charge on any atom is -0.493 e. The Labute approximate surface area is 166 Å². The molecule has 2 aromatic carbocycles. The van der Waals surface area contributed by atoms with Gasteiger partial charge in [0, 0.05) is 17.1 Å². The van der Waals surface area contributed by atoms with E-state index in [1.807, 2.05) is 12.1 Å². The van der Waals surface area contributed by atoms with Crippen LogP contribution < -0.4 is 24.3 Å². The van der Waals surface area contributed by atoms with Crippen molar-refractivity contribution in [2.45, 2.75) is 0 Å². The average molecular weight is 400 g/mol. The maximum absolute atomic E-state index is 12.6. The first-order valence-corrected chi connectivity index (χ1v) is 9.19. The van der Waals surface area contributed by atoms with Crippen molar-refractivity contribution in [3.8, 4) is 33.6 Å². The van der Waals surface area contributed by atoms with Crippen molar-refractivity contribution in [3.63, 3.8) is 0 Å². The highest BCUT2D eigenvalue weighted by Crippen LogP contribution is 2.39. The van der Waals surface area contributed by atoms with Crippen molar-refractivity contribution >= 4 is 22.9 Å². The smallest absolute Gasteiger partial charge is 0.275 e. The van der Waals surface area contributed by atoms with E-state index in [9.17, 15) is 4.79 Å². The van der Waals surface area contributed by atoms with Crippen LogP contribution >= 0.6 is 11.3 Å². The summed E-state index contributed by atoms with van der Waals surface area (Å²) in [5.41, 5.74) is 1.65. The van der Waals surface area contributed by atoms with Crippen LogP contribution in [0.2, 0.25) is 0 Å². The van der Waals surface area contributed by atoms with Crippen LogP contribution in [0.4, 0.5) is 5.69 Å². The van der Waals surface area contributed by atoms with Crippen LogP contribution in [-0.2, 0) is 0 Å². The molecule has 0 saturated heterocycles. The molecule has 3 rings (SSSR count). The molecule has 146 valence electrons. The second-order valence-electron chi connectivity index (χ2n) is 5.60. The number of para-hydroxylation sites is 1. The SMILES string of the molecule is COc1ccc(NC(=O)c2csc(-c3cccc(OC)c3OC)n2)cc1OC. The zero-order chi connectivity index (χ0) is 20.1. The van der Waals surface area contributed by atoms with Crippen LogP contribution in [0.1, 0.15) is 10.5 Å². The second-order valence-corrected chi connectivity index (χ2v) is 6.46. The fraction of sp³-hybridized carbons (Fsp3) is 0.200. The molecular formula is C20H20N2O5S. The number of hydrogen-bond acceptors (Lipinski definition) is 7. The first-order chi connectivity index (χ1) is 13.6. The highest BCUT2D eigenvalue weighted by atomic mass is 32.1. The lowest BCUT2D eigenvalue weighted by Crippen LogP contribution is -2.12. The van der Waals surface area contributed by atoms with Crippen LogP contribution in [0.3, 0.4) is 0 Å². The van der Waals surface area contributed by atoms with E-state index in [1.54, 1.807) is 51.0 Å². The summed E-state index contributed by atoms with van der Waals surface area (Å²) in [5, 5.41) is 5.17. The summed E-state index contributed by atoms with van der Waals surface area (Å²) in [4.78, 5) is 17.0. The molecule has 3 aromatic rings. The summed E-state index contributed by atoms with van der Waals surface area (Å²) in [6.45, 7) is 0. The Bertz CT molecular complexity index is 986. The molecule has 1 N–H and O–H groups in total. The molecule has 28 heavy (non-hydrogen) atoms. The summed E-state index contributed by atoms with van der Waals surface area (Å²) >= 11 is 1.35. The molecule has 7 nitrogen and oxygen atoms in total. The number of nitrogens with zero attached hydrogens (tertiary/aromatic N) is 1.